The molecule has 0 aliphatic carbocycles. The summed E-state index contributed by atoms with van der Waals surface area (Å²) in [6.45, 7) is 7.87. The van der Waals surface area contributed by atoms with Gasteiger partial charge in [-0.25, -0.2) is 4.98 Å². The molecule has 0 aliphatic rings. The van der Waals surface area contributed by atoms with Crippen molar-refractivity contribution in [3.63, 3.8) is 0 Å². The van der Waals surface area contributed by atoms with Crippen LogP contribution >= 0.6 is 0 Å². The Balaban J connectivity index is 1.41. The van der Waals surface area contributed by atoms with Crippen molar-refractivity contribution in [2.24, 2.45) is 0 Å². The van der Waals surface area contributed by atoms with E-state index in [4.69, 9.17) is 4.74 Å². The first-order valence-corrected chi connectivity index (χ1v) is 9.21. The predicted molar refractivity (Wildman–Crippen MR) is 104 cm³/mol. The number of imidazole rings is 1. The second-order valence-electron chi connectivity index (χ2n) is 6.97. The first kappa shape index (κ1) is 19.1. The fourth-order valence-corrected chi connectivity index (χ4v) is 3.12. The number of hydrogen-bond acceptors (Lipinski definition) is 4. The summed E-state index contributed by atoms with van der Waals surface area (Å²) in [7, 11) is 1.80. The number of nitrogens with zero attached hydrogens (tertiary/aromatic N) is 4. The molecule has 1 N–H and O–H groups in total. The molecule has 7 heteroatoms. The van der Waals surface area contributed by atoms with Crippen LogP contribution in [-0.2, 0) is 22.7 Å². The quantitative estimate of drug-likeness (QED) is 0.662. The predicted octanol–water partition coefficient (Wildman–Crippen LogP) is 2.75. The van der Waals surface area contributed by atoms with E-state index in [0.29, 0.717) is 13.2 Å². The minimum atomic E-state index is -0.0318. The number of benzene rings is 1. The van der Waals surface area contributed by atoms with Gasteiger partial charge in [0.25, 0.3) is 0 Å². The Labute approximate surface area is 159 Å². The Morgan fingerprint density at radius 2 is 2.11 bits per heavy atom. The average molecular weight is 369 g/mol. The van der Waals surface area contributed by atoms with Gasteiger partial charge in [0.05, 0.1) is 16.7 Å². The van der Waals surface area contributed by atoms with Gasteiger partial charge in [-0.15, -0.1) is 0 Å². The van der Waals surface area contributed by atoms with Crippen molar-refractivity contribution in [1.82, 2.24) is 24.6 Å². The van der Waals surface area contributed by atoms with Gasteiger partial charge < -0.3 is 14.6 Å². The lowest BCUT2D eigenvalue weighted by Gasteiger charge is -2.17. The van der Waals surface area contributed by atoms with Gasteiger partial charge in [0.2, 0.25) is 5.91 Å². The Bertz CT molecular complexity index is 928. The van der Waals surface area contributed by atoms with Crippen LogP contribution in [0.2, 0.25) is 0 Å². The molecule has 27 heavy (non-hydrogen) atoms. The molecule has 0 radical (unpaired) electrons. The highest BCUT2D eigenvalue weighted by Crippen LogP contribution is 2.15. The molecular formula is C20H27N5O2. The van der Waals surface area contributed by atoms with Gasteiger partial charge in [-0.05, 0) is 44.9 Å². The van der Waals surface area contributed by atoms with Gasteiger partial charge >= 0.3 is 0 Å². The number of nitrogens with one attached hydrogen (secondary N) is 1. The van der Waals surface area contributed by atoms with E-state index in [9.17, 15) is 4.79 Å². The van der Waals surface area contributed by atoms with E-state index >= 15 is 0 Å². The lowest BCUT2D eigenvalue weighted by atomic mass is 10.2. The molecule has 0 saturated carbocycles. The maximum atomic E-state index is 12.2. The molecule has 0 bridgehead atoms. The molecule has 0 spiro atoms. The summed E-state index contributed by atoms with van der Waals surface area (Å²) < 4.78 is 7.54. The number of aryl methyl sites for hydroxylation is 4. The molecule has 1 amide bonds. The summed E-state index contributed by atoms with van der Waals surface area (Å²) in [6.07, 6.45) is 0.854. The lowest BCUT2D eigenvalue weighted by Crippen LogP contribution is -2.31. The van der Waals surface area contributed by atoms with Crippen molar-refractivity contribution in [2.75, 3.05) is 20.2 Å². The molecule has 2 heterocycles. The zero-order chi connectivity index (χ0) is 19.4. The fourth-order valence-electron chi connectivity index (χ4n) is 3.12. The van der Waals surface area contributed by atoms with Gasteiger partial charge in [0, 0.05) is 25.8 Å². The van der Waals surface area contributed by atoms with Crippen LogP contribution in [0.15, 0.2) is 24.3 Å². The Morgan fingerprint density at radius 3 is 2.81 bits per heavy atom. The Hall–Kier alpha value is -2.67. The van der Waals surface area contributed by atoms with Crippen LogP contribution in [0, 0.1) is 20.8 Å². The fraction of sp³-hybridized carbons (Fsp3) is 0.450. The highest BCUT2D eigenvalue weighted by atomic mass is 16.5. The van der Waals surface area contributed by atoms with Crippen molar-refractivity contribution < 1.29 is 9.53 Å². The summed E-state index contributed by atoms with van der Waals surface area (Å²) in [5.41, 5.74) is 5.22. The van der Waals surface area contributed by atoms with Crippen LogP contribution in [0.1, 0.15) is 29.2 Å². The lowest BCUT2D eigenvalue weighted by molar-refractivity contribution is -0.135. The van der Waals surface area contributed by atoms with Gasteiger partial charge in [-0.2, -0.15) is 5.10 Å². The summed E-state index contributed by atoms with van der Waals surface area (Å²) in [6, 6.07) is 8.06. The highest BCUT2D eigenvalue weighted by Gasteiger charge is 2.11. The number of H-pyrrole nitrogens is 1. The third kappa shape index (κ3) is 4.74. The third-order valence-electron chi connectivity index (χ3n) is 4.62. The number of para-hydroxylation sites is 1. The van der Waals surface area contributed by atoms with Crippen molar-refractivity contribution in [3.05, 3.63) is 47.0 Å². The van der Waals surface area contributed by atoms with E-state index in [1.165, 1.54) is 0 Å². The number of aromatic nitrogens is 4. The van der Waals surface area contributed by atoms with E-state index in [1.54, 1.807) is 11.9 Å². The normalized spacial score (nSPS) is 11.3. The smallest absolute Gasteiger partial charge is 0.248 e. The van der Waals surface area contributed by atoms with Crippen LogP contribution in [0.4, 0.5) is 0 Å². The molecule has 0 saturated heterocycles. The van der Waals surface area contributed by atoms with Crippen molar-refractivity contribution in [3.8, 4) is 0 Å². The summed E-state index contributed by atoms with van der Waals surface area (Å²) in [5.74, 6) is 0.704. The van der Waals surface area contributed by atoms with E-state index in [0.717, 1.165) is 46.8 Å². The third-order valence-corrected chi connectivity index (χ3v) is 4.62. The van der Waals surface area contributed by atoms with E-state index in [-0.39, 0.29) is 12.5 Å². The van der Waals surface area contributed by atoms with Gasteiger partial charge in [0.15, 0.2) is 0 Å². The number of ether oxygens (including phenoxy) is 1. The largest absolute Gasteiger partial charge is 0.364 e. The van der Waals surface area contributed by atoms with E-state index in [2.05, 4.69) is 21.1 Å². The SMILES string of the molecule is Cc1cc(C)n(CCCN(C)C(=O)COCc2nc3c(C)cccc3[nH]2)n1. The molecule has 0 aliphatic heterocycles. The standard InChI is InChI=1S/C20H27N5O2/c1-14-7-5-8-17-20(14)22-18(21-17)12-27-13-19(26)24(4)9-6-10-25-16(3)11-15(2)23-25/h5,7-8,11H,6,9-10,12-13H2,1-4H3,(H,21,22). The van der Waals surface area contributed by atoms with Crippen LogP contribution in [-0.4, -0.2) is 50.8 Å². The molecular weight excluding hydrogens is 342 g/mol. The van der Waals surface area contributed by atoms with Gasteiger partial charge in [0.1, 0.15) is 19.0 Å². The topological polar surface area (TPSA) is 76.0 Å². The van der Waals surface area contributed by atoms with E-state index in [1.807, 2.05) is 43.7 Å². The molecule has 3 rings (SSSR count). The van der Waals surface area contributed by atoms with Crippen LogP contribution < -0.4 is 0 Å². The summed E-state index contributed by atoms with van der Waals surface area (Å²) in [5, 5.41) is 4.44. The van der Waals surface area contributed by atoms with Crippen LogP contribution in [0.25, 0.3) is 11.0 Å². The number of carbonyl (C=O) groups is 1. The number of fused-ring (bicyclic) bond motifs is 1. The first-order valence-electron chi connectivity index (χ1n) is 9.21. The zero-order valence-electron chi connectivity index (χ0n) is 16.5. The number of aromatic amines is 1. The number of hydrogen-bond donors (Lipinski definition) is 1. The van der Waals surface area contributed by atoms with Gasteiger partial charge in [-0.3, -0.25) is 9.48 Å². The molecule has 0 fully saturated rings. The highest BCUT2D eigenvalue weighted by molar-refractivity contribution is 5.78. The van der Waals surface area contributed by atoms with Crippen molar-refractivity contribution in [2.45, 2.75) is 40.3 Å². The molecule has 3 aromatic rings. The van der Waals surface area contributed by atoms with Crippen molar-refractivity contribution >= 4 is 16.9 Å². The van der Waals surface area contributed by atoms with Crippen LogP contribution in [0.5, 0.6) is 0 Å². The molecule has 1 aromatic carbocycles. The summed E-state index contributed by atoms with van der Waals surface area (Å²) in [4.78, 5) is 21.7. The number of rotatable bonds is 8. The average Bonchev–Trinajstić information content (AvgIpc) is 3.18. The summed E-state index contributed by atoms with van der Waals surface area (Å²) >= 11 is 0. The minimum absolute atomic E-state index is 0.0318. The molecule has 144 valence electrons. The van der Waals surface area contributed by atoms with Crippen LogP contribution in [0.3, 0.4) is 0 Å². The minimum Gasteiger partial charge on any atom is -0.364 e. The number of likely N-dealkylation sites (N-methyl/N-ethyl adjacent to an activating group) is 1. The first-order chi connectivity index (χ1) is 12.9. The van der Waals surface area contributed by atoms with E-state index < -0.39 is 0 Å². The second-order valence-corrected chi connectivity index (χ2v) is 6.97. The van der Waals surface area contributed by atoms with Crippen molar-refractivity contribution in [1.29, 1.82) is 0 Å². The molecule has 0 atom stereocenters. The zero-order valence-corrected chi connectivity index (χ0v) is 16.5. The molecule has 7 nitrogen and oxygen atoms in total. The Kier molecular flexibility index (Phi) is 5.91. The maximum absolute atomic E-state index is 12.2. The number of carbonyl (C=O) groups excluding carboxylic acids is 1. The second kappa shape index (κ2) is 8.35. The molecule has 0 unspecified atom stereocenters. The number of amides is 1. The Morgan fingerprint density at radius 1 is 1.30 bits per heavy atom. The monoisotopic (exact) mass is 369 g/mol. The maximum Gasteiger partial charge on any atom is 0.248 e. The molecule has 2 aromatic heterocycles. The van der Waals surface area contributed by atoms with Gasteiger partial charge in [-0.1, -0.05) is 12.1 Å².